The molecule has 24 heavy (non-hydrogen) atoms. The van der Waals surface area contributed by atoms with Crippen molar-refractivity contribution in [1.82, 2.24) is 10.2 Å². The number of nitrogens with one attached hydrogen (secondary N) is 2. The number of sulfone groups is 1. The maximum atomic E-state index is 12.1. The first-order valence-electron chi connectivity index (χ1n) is 7.78. The summed E-state index contributed by atoms with van der Waals surface area (Å²) in [7, 11) is -1.49. The number of hydrogen-bond acceptors (Lipinski definition) is 4. The number of para-hydroxylation sites is 1. The fourth-order valence-corrected chi connectivity index (χ4v) is 3.91. The molecule has 8 heteroatoms. The van der Waals surface area contributed by atoms with Gasteiger partial charge in [0.1, 0.15) is 0 Å². The molecule has 1 aliphatic heterocycles. The largest absolute Gasteiger partial charge is 0.347 e. The zero-order chi connectivity index (χ0) is 17.8. The van der Waals surface area contributed by atoms with E-state index in [1.54, 1.807) is 20.9 Å². The van der Waals surface area contributed by atoms with Crippen molar-refractivity contribution in [2.24, 2.45) is 4.99 Å². The van der Waals surface area contributed by atoms with Gasteiger partial charge in [-0.05, 0) is 26.0 Å². The van der Waals surface area contributed by atoms with E-state index in [9.17, 15) is 13.2 Å². The van der Waals surface area contributed by atoms with Crippen LogP contribution < -0.4 is 10.6 Å². The normalized spacial score (nSPS) is 19.6. The minimum Gasteiger partial charge on any atom is -0.347 e. The van der Waals surface area contributed by atoms with Crippen molar-refractivity contribution in [3.63, 3.8) is 0 Å². The van der Waals surface area contributed by atoms with Crippen molar-refractivity contribution in [2.45, 2.75) is 18.6 Å². The summed E-state index contributed by atoms with van der Waals surface area (Å²) in [5.41, 5.74) is 0.726. The van der Waals surface area contributed by atoms with Crippen molar-refractivity contribution in [1.29, 1.82) is 0 Å². The van der Waals surface area contributed by atoms with Crippen molar-refractivity contribution in [3.8, 4) is 0 Å². The molecule has 0 atom stereocenters. The highest BCUT2D eigenvalue weighted by Gasteiger charge is 2.40. The van der Waals surface area contributed by atoms with Crippen LogP contribution in [0.15, 0.2) is 35.3 Å². The SMILES string of the molecule is CN=C(NCC(=O)Nc1ccccc1)N1CCS(=O)(=O)C(C)(C)C1. The molecule has 7 nitrogen and oxygen atoms in total. The lowest BCUT2D eigenvalue weighted by Crippen LogP contribution is -2.57. The summed E-state index contributed by atoms with van der Waals surface area (Å²) >= 11 is 0. The van der Waals surface area contributed by atoms with Crippen molar-refractivity contribution >= 4 is 27.4 Å². The van der Waals surface area contributed by atoms with E-state index < -0.39 is 14.6 Å². The van der Waals surface area contributed by atoms with Crippen LogP contribution >= 0.6 is 0 Å². The monoisotopic (exact) mass is 352 g/mol. The van der Waals surface area contributed by atoms with E-state index in [0.29, 0.717) is 19.0 Å². The number of amides is 1. The molecular weight excluding hydrogens is 328 g/mol. The van der Waals surface area contributed by atoms with E-state index in [4.69, 9.17) is 0 Å². The standard InChI is InChI=1S/C16H24N4O3S/c1-16(2)12-20(9-10-24(16,22)23)15(17-3)18-11-14(21)19-13-7-5-4-6-8-13/h4-8H,9-12H2,1-3H3,(H,17,18)(H,19,21). The average molecular weight is 352 g/mol. The fraction of sp³-hybridized carbons (Fsp3) is 0.500. The van der Waals surface area contributed by atoms with Crippen molar-refractivity contribution < 1.29 is 13.2 Å². The van der Waals surface area contributed by atoms with E-state index in [-0.39, 0.29) is 18.2 Å². The summed E-state index contributed by atoms with van der Waals surface area (Å²) in [5.74, 6) is 0.420. The number of hydrogen-bond donors (Lipinski definition) is 2. The van der Waals surface area contributed by atoms with Crippen LogP contribution in [0.5, 0.6) is 0 Å². The van der Waals surface area contributed by atoms with Gasteiger partial charge >= 0.3 is 0 Å². The Hall–Kier alpha value is -2.09. The molecule has 0 aromatic heterocycles. The first kappa shape index (κ1) is 18.3. The van der Waals surface area contributed by atoms with Crippen molar-refractivity contribution in [2.75, 3.05) is 37.8 Å². The van der Waals surface area contributed by atoms with Gasteiger partial charge in [0, 0.05) is 25.8 Å². The number of rotatable bonds is 3. The highest BCUT2D eigenvalue weighted by atomic mass is 32.2. The number of anilines is 1. The summed E-state index contributed by atoms with van der Waals surface area (Å²) in [6.45, 7) is 4.19. The first-order valence-corrected chi connectivity index (χ1v) is 9.43. The average Bonchev–Trinajstić information content (AvgIpc) is 2.52. The Balaban J connectivity index is 1.92. The third-order valence-corrected chi connectivity index (χ3v) is 6.55. The number of nitrogens with zero attached hydrogens (tertiary/aromatic N) is 2. The third-order valence-electron chi connectivity index (χ3n) is 4.02. The number of carbonyl (C=O) groups excluding carboxylic acids is 1. The van der Waals surface area contributed by atoms with Crippen molar-refractivity contribution in [3.05, 3.63) is 30.3 Å². The third kappa shape index (κ3) is 4.25. The Morgan fingerprint density at radius 3 is 2.54 bits per heavy atom. The van der Waals surface area contributed by atoms with E-state index in [1.807, 2.05) is 35.2 Å². The molecule has 1 aromatic rings. The minimum absolute atomic E-state index is 0.0608. The van der Waals surface area contributed by atoms with Gasteiger partial charge in [0.2, 0.25) is 5.91 Å². The molecule has 1 heterocycles. The van der Waals surface area contributed by atoms with E-state index in [1.165, 1.54) is 0 Å². The lowest BCUT2D eigenvalue weighted by atomic mass is 10.2. The van der Waals surface area contributed by atoms with Gasteiger partial charge in [0.15, 0.2) is 15.8 Å². The van der Waals surface area contributed by atoms with Crippen LogP contribution in [0.3, 0.4) is 0 Å². The van der Waals surface area contributed by atoms with E-state index in [0.717, 1.165) is 5.69 Å². The molecule has 1 aromatic carbocycles. The lowest BCUT2D eigenvalue weighted by Gasteiger charge is -2.39. The minimum atomic E-state index is -3.11. The van der Waals surface area contributed by atoms with Crippen LogP contribution in [0.2, 0.25) is 0 Å². The molecule has 0 unspecified atom stereocenters. The Bertz CT molecular complexity index is 714. The smallest absolute Gasteiger partial charge is 0.243 e. The molecule has 0 bridgehead atoms. The molecule has 1 saturated heterocycles. The highest BCUT2D eigenvalue weighted by molar-refractivity contribution is 7.92. The van der Waals surface area contributed by atoms with Gasteiger partial charge in [0.25, 0.3) is 0 Å². The molecular formula is C16H24N4O3S. The highest BCUT2D eigenvalue weighted by Crippen LogP contribution is 2.23. The molecule has 0 saturated carbocycles. The second-order valence-electron chi connectivity index (χ2n) is 6.32. The Kier molecular flexibility index (Phi) is 5.48. The molecule has 2 N–H and O–H groups in total. The van der Waals surface area contributed by atoms with Gasteiger partial charge in [-0.25, -0.2) is 8.42 Å². The predicted molar refractivity (Wildman–Crippen MR) is 95.9 cm³/mol. The second-order valence-corrected chi connectivity index (χ2v) is 9.06. The molecule has 132 valence electrons. The number of aliphatic imine (C=N–C) groups is 1. The first-order chi connectivity index (χ1) is 11.2. The summed E-state index contributed by atoms with van der Waals surface area (Å²) in [5, 5.41) is 5.78. The van der Waals surface area contributed by atoms with E-state index in [2.05, 4.69) is 15.6 Å². The zero-order valence-electron chi connectivity index (χ0n) is 14.2. The lowest BCUT2D eigenvalue weighted by molar-refractivity contribution is -0.115. The van der Waals surface area contributed by atoms with Gasteiger partial charge in [0.05, 0.1) is 17.0 Å². The van der Waals surface area contributed by atoms with Gasteiger partial charge in [-0.2, -0.15) is 0 Å². The van der Waals surface area contributed by atoms with Crippen LogP contribution in [-0.4, -0.2) is 62.4 Å². The predicted octanol–water partition coefficient (Wildman–Crippen LogP) is 0.709. The molecule has 0 spiro atoms. The van der Waals surface area contributed by atoms with Gasteiger partial charge in [-0.1, -0.05) is 18.2 Å². The summed E-state index contributed by atoms with van der Waals surface area (Å²) in [6.07, 6.45) is 0. The maximum absolute atomic E-state index is 12.1. The molecule has 0 aliphatic carbocycles. The van der Waals surface area contributed by atoms with Crippen LogP contribution in [0, 0.1) is 0 Å². The van der Waals surface area contributed by atoms with Crippen LogP contribution in [-0.2, 0) is 14.6 Å². The van der Waals surface area contributed by atoms with Gasteiger partial charge in [-0.3, -0.25) is 9.79 Å². The summed E-state index contributed by atoms with van der Waals surface area (Å²) in [4.78, 5) is 18.0. The quantitative estimate of drug-likeness (QED) is 0.618. The number of guanidine groups is 1. The maximum Gasteiger partial charge on any atom is 0.243 e. The molecule has 1 aliphatic rings. The van der Waals surface area contributed by atoms with Gasteiger partial charge in [-0.15, -0.1) is 0 Å². The second kappa shape index (κ2) is 7.21. The topological polar surface area (TPSA) is 90.9 Å². The molecule has 2 rings (SSSR count). The summed E-state index contributed by atoms with van der Waals surface area (Å²) in [6, 6.07) is 9.19. The summed E-state index contributed by atoms with van der Waals surface area (Å²) < 4.78 is 23.3. The molecule has 1 fully saturated rings. The Morgan fingerprint density at radius 1 is 1.29 bits per heavy atom. The molecule has 0 radical (unpaired) electrons. The number of benzene rings is 1. The van der Waals surface area contributed by atoms with Crippen LogP contribution in [0.4, 0.5) is 5.69 Å². The Morgan fingerprint density at radius 2 is 1.96 bits per heavy atom. The zero-order valence-corrected chi connectivity index (χ0v) is 15.1. The fourth-order valence-electron chi connectivity index (χ4n) is 2.54. The van der Waals surface area contributed by atoms with Crippen LogP contribution in [0.1, 0.15) is 13.8 Å². The van der Waals surface area contributed by atoms with Crippen LogP contribution in [0.25, 0.3) is 0 Å². The molecule has 1 amide bonds. The van der Waals surface area contributed by atoms with Gasteiger partial charge < -0.3 is 15.5 Å². The van der Waals surface area contributed by atoms with E-state index >= 15 is 0 Å². The Labute approximate surface area is 143 Å². The number of carbonyl (C=O) groups is 1.